The van der Waals surface area contributed by atoms with Gasteiger partial charge in [0.05, 0.1) is 16.9 Å². The average molecular weight is 473 g/mol. The minimum absolute atomic E-state index is 0.0728. The van der Waals surface area contributed by atoms with Crippen LogP contribution in [0.3, 0.4) is 0 Å². The Labute approximate surface area is 201 Å². The van der Waals surface area contributed by atoms with E-state index in [1.807, 2.05) is 12.1 Å². The van der Waals surface area contributed by atoms with Gasteiger partial charge >= 0.3 is 5.97 Å². The van der Waals surface area contributed by atoms with E-state index >= 15 is 0 Å². The number of hydrogen-bond acceptors (Lipinski definition) is 5. The minimum atomic E-state index is -1.11. The zero-order valence-electron chi connectivity index (χ0n) is 19.1. The van der Waals surface area contributed by atoms with Crippen molar-refractivity contribution in [1.82, 2.24) is 19.4 Å². The number of halogens is 1. The summed E-state index contributed by atoms with van der Waals surface area (Å²) >= 11 is 0. The molecule has 1 aliphatic rings. The molecule has 1 fully saturated rings. The standard InChI is InChI=1S/C27H25FN4O3/c28-20-4-3-5-21(16-20)32-24(25(27(34)35)22-6-1-2-7-23(22)26(32)33)18-31-14-12-30(13-15-31)17-19-8-10-29-11-9-19/h1-11,16H,12-15,17-18H2,(H,34,35). The van der Waals surface area contributed by atoms with E-state index in [0.29, 0.717) is 35.2 Å². The highest BCUT2D eigenvalue weighted by Gasteiger charge is 2.26. The third-order valence-electron chi connectivity index (χ3n) is 6.46. The first-order chi connectivity index (χ1) is 17.0. The first-order valence-corrected chi connectivity index (χ1v) is 11.5. The van der Waals surface area contributed by atoms with Gasteiger partial charge in [0.1, 0.15) is 5.82 Å². The molecule has 0 atom stereocenters. The maximum absolute atomic E-state index is 14.1. The van der Waals surface area contributed by atoms with Crippen molar-refractivity contribution >= 4 is 16.7 Å². The minimum Gasteiger partial charge on any atom is -0.478 e. The number of aromatic nitrogens is 2. The van der Waals surface area contributed by atoms with Crippen LogP contribution in [-0.4, -0.2) is 56.6 Å². The van der Waals surface area contributed by atoms with Crippen molar-refractivity contribution < 1.29 is 14.3 Å². The number of fused-ring (bicyclic) bond motifs is 1. The van der Waals surface area contributed by atoms with Gasteiger partial charge in [0, 0.05) is 62.4 Å². The predicted octanol–water partition coefficient (Wildman–Crippen LogP) is 3.54. The van der Waals surface area contributed by atoms with E-state index in [0.717, 1.165) is 19.6 Å². The van der Waals surface area contributed by atoms with Gasteiger partial charge in [0.25, 0.3) is 5.56 Å². The second-order valence-electron chi connectivity index (χ2n) is 8.70. The van der Waals surface area contributed by atoms with Gasteiger partial charge in [-0.15, -0.1) is 0 Å². The fourth-order valence-electron chi connectivity index (χ4n) is 4.74. The number of hydrogen-bond donors (Lipinski definition) is 1. The first-order valence-electron chi connectivity index (χ1n) is 11.5. The fraction of sp³-hybridized carbons (Fsp3) is 0.222. The lowest BCUT2D eigenvalue weighted by Crippen LogP contribution is -2.46. The third-order valence-corrected chi connectivity index (χ3v) is 6.46. The van der Waals surface area contributed by atoms with E-state index in [4.69, 9.17) is 0 Å². The van der Waals surface area contributed by atoms with Crippen LogP contribution < -0.4 is 5.56 Å². The molecule has 5 rings (SSSR count). The number of benzene rings is 2. The van der Waals surface area contributed by atoms with E-state index in [2.05, 4.69) is 14.8 Å². The lowest BCUT2D eigenvalue weighted by Gasteiger charge is -2.35. The Hall–Kier alpha value is -3.88. The van der Waals surface area contributed by atoms with Gasteiger partial charge in [-0.2, -0.15) is 0 Å². The average Bonchev–Trinajstić information content (AvgIpc) is 2.86. The Morgan fingerprint density at radius 3 is 2.20 bits per heavy atom. The second kappa shape index (κ2) is 9.77. The number of carboxylic acid groups (broad SMARTS) is 1. The molecule has 0 aliphatic carbocycles. The highest BCUT2D eigenvalue weighted by atomic mass is 19.1. The van der Waals surface area contributed by atoms with Crippen molar-refractivity contribution in [3.8, 4) is 5.69 Å². The molecule has 3 heterocycles. The second-order valence-corrected chi connectivity index (χ2v) is 8.70. The van der Waals surface area contributed by atoms with Gasteiger partial charge in [-0.25, -0.2) is 9.18 Å². The summed E-state index contributed by atoms with van der Waals surface area (Å²) in [5.74, 6) is -1.60. The molecule has 0 bridgehead atoms. The number of rotatable bonds is 6. The molecular formula is C27H25FN4O3. The number of piperazine rings is 1. The van der Waals surface area contributed by atoms with E-state index in [9.17, 15) is 19.1 Å². The van der Waals surface area contributed by atoms with Crippen molar-refractivity contribution in [2.24, 2.45) is 0 Å². The summed E-state index contributed by atoms with van der Waals surface area (Å²) in [7, 11) is 0. The van der Waals surface area contributed by atoms with Crippen molar-refractivity contribution in [3.63, 3.8) is 0 Å². The highest BCUT2D eigenvalue weighted by molar-refractivity contribution is 6.04. The zero-order chi connectivity index (χ0) is 24.4. The van der Waals surface area contributed by atoms with Crippen LogP contribution in [0.25, 0.3) is 16.5 Å². The normalized spacial score (nSPS) is 14.9. The highest BCUT2D eigenvalue weighted by Crippen LogP contribution is 2.25. The fourth-order valence-corrected chi connectivity index (χ4v) is 4.74. The van der Waals surface area contributed by atoms with E-state index in [1.54, 1.807) is 42.7 Å². The molecule has 0 amide bonds. The topological polar surface area (TPSA) is 78.7 Å². The lowest BCUT2D eigenvalue weighted by molar-refractivity contribution is 0.0693. The van der Waals surface area contributed by atoms with Crippen molar-refractivity contribution in [2.75, 3.05) is 26.2 Å². The van der Waals surface area contributed by atoms with E-state index in [1.165, 1.54) is 28.3 Å². The van der Waals surface area contributed by atoms with Crippen molar-refractivity contribution in [3.05, 3.63) is 106 Å². The summed E-state index contributed by atoms with van der Waals surface area (Å²) in [5.41, 5.74) is 1.58. The lowest BCUT2D eigenvalue weighted by atomic mass is 10.0. The molecule has 0 spiro atoms. The molecule has 8 heteroatoms. The molecule has 0 unspecified atom stereocenters. The summed E-state index contributed by atoms with van der Waals surface area (Å²) in [6.07, 6.45) is 3.56. The smallest absolute Gasteiger partial charge is 0.338 e. The van der Waals surface area contributed by atoms with Gasteiger partial charge in [-0.1, -0.05) is 24.3 Å². The SMILES string of the molecule is O=C(O)c1c(CN2CCN(Cc3ccncc3)CC2)n(-c2cccc(F)c2)c(=O)c2ccccc12. The van der Waals surface area contributed by atoms with E-state index < -0.39 is 11.8 Å². The monoisotopic (exact) mass is 472 g/mol. The van der Waals surface area contributed by atoms with Crippen LogP contribution >= 0.6 is 0 Å². The number of aromatic carboxylic acids is 1. The molecule has 35 heavy (non-hydrogen) atoms. The Bertz CT molecular complexity index is 1430. The molecule has 1 N–H and O–H groups in total. The summed E-state index contributed by atoms with van der Waals surface area (Å²) in [6, 6.07) is 16.4. The summed E-state index contributed by atoms with van der Waals surface area (Å²) in [4.78, 5) is 34.6. The zero-order valence-corrected chi connectivity index (χ0v) is 19.1. The molecule has 4 aromatic rings. The van der Waals surface area contributed by atoms with Crippen LogP contribution in [0.15, 0.2) is 77.9 Å². The Morgan fingerprint density at radius 2 is 1.54 bits per heavy atom. The first kappa shape index (κ1) is 22.9. The van der Waals surface area contributed by atoms with Crippen LogP contribution in [0.2, 0.25) is 0 Å². The number of nitrogens with zero attached hydrogens (tertiary/aromatic N) is 4. The van der Waals surface area contributed by atoms with Gasteiger partial charge in [-0.05, 0) is 42.0 Å². The molecule has 1 saturated heterocycles. The van der Waals surface area contributed by atoms with Crippen LogP contribution in [0.1, 0.15) is 21.6 Å². The Balaban J connectivity index is 1.52. The molecular weight excluding hydrogens is 447 g/mol. The summed E-state index contributed by atoms with van der Waals surface area (Å²) in [6.45, 7) is 4.13. The quantitative estimate of drug-likeness (QED) is 0.463. The maximum Gasteiger partial charge on any atom is 0.338 e. The molecule has 178 valence electrons. The van der Waals surface area contributed by atoms with Crippen LogP contribution in [0, 0.1) is 5.82 Å². The molecule has 2 aromatic carbocycles. The maximum atomic E-state index is 14.1. The number of carboxylic acids is 1. The summed E-state index contributed by atoms with van der Waals surface area (Å²) < 4.78 is 15.5. The Morgan fingerprint density at radius 1 is 0.886 bits per heavy atom. The van der Waals surface area contributed by atoms with Crippen molar-refractivity contribution in [1.29, 1.82) is 0 Å². The molecule has 0 radical (unpaired) electrons. The van der Waals surface area contributed by atoms with Crippen LogP contribution in [0.5, 0.6) is 0 Å². The van der Waals surface area contributed by atoms with Crippen LogP contribution in [0.4, 0.5) is 4.39 Å². The molecule has 0 saturated carbocycles. The number of pyridine rings is 2. The van der Waals surface area contributed by atoms with Gasteiger partial charge < -0.3 is 5.11 Å². The number of carbonyl (C=O) groups is 1. The van der Waals surface area contributed by atoms with Gasteiger partial charge in [0.2, 0.25) is 0 Å². The Kier molecular flexibility index (Phi) is 6.39. The largest absolute Gasteiger partial charge is 0.478 e. The van der Waals surface area contributed by atoms with Gasteiger partial charge in [0.15, 0.2) is 0 Å². The summed E-state index contributed by atoms with van der Waals surface area (Å²) in [5, 5.41) is 10.9. The van der Waals surface area contributed by atoms with Crippen LogP contribution in [-0.2, 0) is 13.1 Å². The van der Waals surface area contributed by atoms with Gasteiger partial charge in [-0.3, -0.25) is 24.1 Å². The molecule has 1 aliphatic heterocycles. The third kappa shape index (κ3) is 4.71. The van der Waals surface area contributed by atoms with Crippen molar-refractivity contribution in [2.45, 2.75) is 13.1 Å². The molecule has 2 aromatic heterocycles. The predicted molar refractivity (Wildman–Crippen MR) is 131 cm³/mol. The molecule has 7 nitrogen and oxygen atoms in total. The van der Waals surface area contributed by atoms with E-state index in [-0.39, 0.29) is 17.7 Å².